The van der Waals surface area contributed by atoms with E-state index in [1.54, 1.807) is 6.92 Å². The molecule has 0 atom stereocenters. The summed E-state index contributed by atoms with van der Waals surface area (Å²) in [6.45, 7) is 0.981. The van der Waals surface area contributed by atoms with Crippen molar-refractivity contribution in [3.63, 3.8) is 0 Å². The molecule has 0 radical (unpaired) electrons. The number of nitrogens with one attached hydrogen (secondary N) is 1. The van der Waals surface area contributed by atoms with Crippen molar-refractivity contribution in [1.82, 2.24) is 4.90 Å². The number of halogens is 1. The summed E-state index contributed by atoms with van der Waals surface area (Å²) in [7, 11) is 1.37. The number of benzene rings is 2. The molecule has 0 unspecified atom stereocenters. The third-order valence-corrected chi connectivity index (χ3v) is 4.79. The molecule has 1 aliphatic rings. The number of imide groups is 1. The van der Waals surface area contributed by atoms with Crippen LogP contribution in [-0.4, -0.2) is 42.2 Å². The number of rotatable bonds is 4. The molecule has 0 fully saturated rings. The molecule has 0 aliphatic carbocycles. The minimum absolute atomic E-state index is 0.118. The highest BCUT2D eigenvalue weighted by molar-refractivity contribution is 6.21. The number of furan rings is 1. The van der Waals surface area contributed by atoms with E-state index in [1.807, 2.05) is 0 Å². The molecule has 0 saturated heterocycles. The monoisotopic (exact) mass is 410 g/mol. The zero-order valence-corrected chi connectivity index (χ0v) is 15.9. The number of aryl methyl sites for hydroxylation is 1. The Labute approximate surface area is 169 Å². The molecule has 1 aromatic heterocycles. The molecule has 3 amide bonds. The van der Waals surface area contributed by atoms with E-state index in [1.165, 1.54) is 43.4 Å². The molecule has 2 heterocycles. The molecule has 152 valence electrons. The van der Waals surface area contributed by atoms with Gasteiger partial charge in [-0.05, 0) is 43.3 Å². The van der Waals surface area contributed by atoms with Crippen molar-refractivity contribution >= 4 is 40.3 Å². The number of carbonyl (C=O) groups excluding carboxylic acids is 4. The Balaban J connectivity index is 1.42. The van der Waals surface area contributed by atoms with Gasteiger partial charge in [-0.15, -0.1) is 0 Å². The summed E-state index contributed by atoms with van der Waals surface area (Å²) in [4.78, 5) is 49.3. The third kappa shape index (κ3) is 3.20. The van der Waals surface area contributed by atoms with Crippen LogP contribution in [0.1, 0.15) is 36.8 Å². The van der Waals surface area contributed by atoms with Gasteiger partial charge < -0.3 is 14.5 Å². The van der Waals surface area contributed by atoms with Crippen LogP contribution in [0.5, 0.6) is 0 Å². The summed E-state index contributed by atoms with van der Waals surface area (Å²) in [5.74, 6) is -2.97. The van der Waals surface area contributed by atoms with Crippen molar-refractivity contribution in [2.24, 2.45) is 0 Å². The lowest BCUT2D eigenvalue weighted by molar-refractivity contribution is -0.119. The Kier molecular flexibility index (Phi) is 4.57. The highest BCUT2D eigenvalue weighted by atomic mass is 19.1. The van der Waals surface area contributed by atoms with Gasteiger partial charge in [0.2, 0.25) is 5.76 Å². The largest absolute Gasteiger partial charge is 0.450 e. The maximum atomic E-state index is 13.4. The predicted molar refractivity (Wildman–Crippen MR) is 103 cm³/mol. The van der Waals surface area contributed by atoms with Crippen LogP contribution in [0.15, 0.2) is 40.8 Å². The summed E-state index contributed by atoms with van der Waals surface area (Å²) in [5, 5.41) is 2.94. The maximum absolute atomic E-state index is 13.4. The SMILES string of the molecule is Cc1c(C(=O)OCC(=O)Nc2ccc3c(c2)C(=O)N(C)C3=O)oc2ccc(F)cc12. The molecule has 0 bridgehead atoms. The quantitative estimate of drug-likeness (QED) is 0.524. The Morgan fingerprint density at radius 2 is 1.83 bits per heavy atom. The van der Waals surface area contributed by atoms with Crippen LogP contribution < -0.4 is 5.32 Å². The first-order valence-electron chi connectivity index (χ1n) is 8.88. The average Bonchev–Trinajstić information content (AvgIpc) is 3.16. The van der Waals surface area contributed by atoms with Crippen LogP contribution in [0.3, 0.4) is 0 Å². The van der Waals surface area contributed by atoms with E-state index in [9.17, 15) is 23.6 Å². The lowest BCUT2D eigenvalue weighted by atomic mass is 10.1. The van der Waals surface area contributed by atoms with Crippen LogP contribution in [0.2, 0.25) is 0 Å². The standard InChI is InChI=1S/C21H15FN2O6/c1-10-14-7-11(22)3-6-16(14)30-18(10)21(28)29-9-17(25)23-12-4-5-13-15(8-12)20(27)24(2)19(13)26/h3-8H,9H2,1-2H3,(H,23,25). The molecule has 1 aliphatic heterocycles. The lowest BCUT2D eigenvalue weighted by Gasteiger charge is -2.07. The number of hydrogen-bond donors (Lipinski definition) is 1. The molecule has 0 spiro atoms. The molecule has 0 saturated carbocycles. The highest BCUT2D eigenvalue weighted by Gasteiger charge is 2.32. The van der Waals surface area contributed by atoms with Crippen molar-refractivity contribution in [2.45, 2.75) is 6.92 Å². The second-order valence-electron chi connectivity index (χ2n) is 6.75. The van der Waals surface area contributed by atoms with E-state index < -0.39 is 36.1 Å². The molecule has 4 rings (SSSR count). The summed E-state index contributed by atoms with van der Waals surface area (Å²) in [6.07, 6.45) is 0. The maximum Gasteiger partial charge on any atom is 0.375 e. The Morgan fingerprint density at radius 1 is 1.10 bits per heavy atom. The van der Waals surface area contributed by atoms with Crippen LogP contribution >= 0.6 is 0 Å². The average molecular weight is 410 g/mol. The van der Waals surface area contributed by atoms with Gasteiger partial charge in [0, 0.05) is 23.7 Å². The van der Waals surface area contributed by atoms with E-state index in [2.05, 4.69) is 5.32 Å². The Hall–Kier alpha value is -4.01. The second-order valence-corrected chi connectivity index (χ2v) is 6.75. The topological polar surface area (TPSA) is 106 Å². The van der Waals surface area contributed by atoms with Crippen molar-refractivity contribution in [1.29, 1.82) is 0 Å². The van der Waals surface area contributed by atoms with Gasteiger partial charge in [-0.25, -0.2) is 9.18 Å². The zero-order chi connectivity index (χ0) is 21.6. The van der Waals surface area contributed by atoms with E-state index in [-0.39, 0.29) is 22.6 Å². The molecule has 9 heteroatoms. The Morgan fingerprint density at radius 3 is 2.60 bits per heavy atom. The predicted octanol–water partition coefficient (Wildman–Crippen LogP) is 2.90. The lowest BCUT2D eigenvalue weighted by Crippen LogP contribution is -2.24. The first-order chi connectivity index (χ1) is 14.3. The second kappa shape index (κ2) is 7.11. The minimum Gasteiger partial charge on any atom is -0.450 e. The fourth-order valence-electron chi connectivity index (χ4n) is 3.22. The molecule has 30 heavy (non-hydrogen) atoms. The van der Waals surface area contributed by atoms with E-state index >= 15 is 0 Å². The van der Waals surface area contributed by atoms with E-state index in [0.29, 0.717) is 16.5 Å². The van der Waals surface area contributed by atoms with Crippen molar-refractivity contribution in [3.05, 3.63) is 64.7 Å². The molecule has 8 nitrogen and oxygen atoms in total. The number of nitrogens with zero attached hydrogens (tertiary/aromatic N) is 1. The number of esters is 1. The van der Waals surface area contributed by atoms with Crippen LogP contribution in [0, 0.1) is 12.7 Å². The van der Waals surface area contributed by atoms with E-state index in [0.717, 1.165) is 4.90 Å². The van der Waals surface area contributed by atoms with Gasteiger partial charge in [-0.1, -0.05) is 0 Å². The van der Waals surface area contributed by atoms with Crippen LogP contribution in [-0.2, 0) is 9.53 Å². The fourth-order valence-corrected chi connectivity index (χ4v) is 3.22. The zero-order valence-electron chi connectivity index (χ0n) is 15.9. The molecule has 2 aromatic carbocycles. The highest BCUT2D eigenvalue weighted by Crippen LogP contribution is 2.27. The minimum atomic E-state index is -0.865. The number of ether oxygens (including phenoxy) is 1. The number of anilines is 1. The first kappa shape index (κ1) is 19.3. The smallest absolute Gasteiger partial charge is 0.375 e. The van der Waals surface area contributed by atoms with Crippen molar-refractivity contribution in [3.8, 4) is 0 Å². The van der Waals surface area contributed by atoms with Gasteiger partial charge in [0.05, 0.1) is 11.1 Å². The number of fused-ring (bicyclic) bond motifs is 2. The molecule has 1 N–H and O–H groups in total. The van der Waals surface area contributed by atoms with Crippen molar-refractivity contribution in [2.75, 3.05) is 19.0 Å². The third-order valence-electron chi connectivity index (χ3n) is 4.79. The van der Waals surface area contributed by atoms with Gasteiger partial charge in [0.15, 0.2) is 6.61 Å². The van der Waals surface area contributed by atoms with Crippen LogP contribution in [0.25, 0.3) is 11.0 Å². The van der Waals surface area contributed by atoms with Crippen molar-refractivity contribution < 1.29 is 32.7 Å². The molecule has 3 aromatic rings. The van der Waals surface area contributed by atoms with Gasteiger partial charge >= 0.3 is 5.97 Å². The number of hydrogen-bond acceptors (Lipinski definition) is 6. The van der Waals surface area contributed by atoms with Gasteiger partial charge in [-0.2, -0.15) is 0 Å². The molecular weight excluding hydrogens is 395 g/mol. The van der Waals surface area contributed by atoms with Gasteiger partial charge in [0.1, 0.15) is 11.4 Å². The summed E-state index contributed by atoms with van der Waals surface area (Å²) < 4.78 is 23.8. The normalized spacial score (nSPS) is 13.0. The number of amides is 3. The van der Waals surface area contributed by atoms with E-state index in [4.69, 9.17) is 9.15 Å². The van der Waals surface area contributed by atoms with Crippen LogP contribution in [0.4, 0.5) is 10.1 Å². The van der Waals surface area contributed by atoms with Gasteiger partial charge in [-0.3, -0.25) is 19.3 Å². The fraction of sp³-hybridized carbons (Fsp3) is 0.143. The Bertz CT molecular complexity index is 1250. The summed E-state index contributed by atoms with van der Waals surface area (Å²) in [5.41, 5.74) is 1.45. The van der Waals surface area contributed by atoms with Gasteiger partial charge in [0.25, 0.3) is 17.7 Å². The summed E-state index contributed by atoms with van der Waals surface area (Å²) >= 11 is 0. The number of carbonyl (C=O) groups is 4. The molecular formula is C21H15FN2O6. The first-order valence-corrected chi connectivity index (χ1v) is 8.88. The summed E-state index contributed by atoms with van der Waals surface area (Å²) in [6, 6.07) is 8.16.